The third-order valence-corrected chi connectivity index (χ3v) is 3.03. The highest BCUT2D eigenvalue weighted by Crippen LogP contribution is 2.08. The summed E-state index contributed by atoms with van der Waals surface area (Å²) < 4.78 is 11.8. The summed E-state index contributed by atoms with van der Waals surface area (Å²) in [6.45, 7) is 4.57. The lowest BCUT2D eigenvalue weighted by molar-refractivity contribution is -0.0911. The van der Waals surface area contributed by atoms with E-state index in [9.17, 15) is 0 Å². The third kappa shape index (κ3) is 7.53. The molecule has 0 radical (unpaired) electrons. The van der Waals surface area contributed by atoms with Crippen molar-refractivity contribution in [3.05, 3.63) is 34.8 Å². The molecule has 0 bridgehead atoms. The molecule has 1 aliphatic rings. The summed E-state index contributed by atoms with van der Waals surface area (Å²) in [6.07, 6.45) is 4.05. The quantitative estimate of drug-likeness (QED) is 0.839. The van der Waals surface area contributed by atoms with Gasteiger partial charge in [-0.2, -0.15) is 0 Å². The van der Waals surface area contributed by atoms with Crippen LogP contribution in [0.15, 0.2) is 34.8 Å². The predicted octanol–water partition coefficient (Wildman–Crippen LogP) is 4.04. The maximum absolute atomic E-state index is 5.46. The van der Waals surface area contributed by atoms with E-state index in [-0.39, 0.29) is 0 Å². The Morgan fingerprint density at radius 1 is 1.24 bits per heavy atom. The van der Waals surface area contributed by atoms with Gasteiger partial charge < -0.3 is 9.47 Å². The van der Waals surface area contributed by atoms with Crippen LogP contribution in [0, 0.1) is 0 Å². The number of ether oxygens (including phenoxy) is 2. The lowest BCUT2D eigenvalue weighted by Gasteiger charge is -2.22. The summed E-state index contributed by atoms with van der Waals surface area (Å²) in [7, 11) is 0. The fourth-order valence-electron chi connectivity index (χ4n) is 1.55. The first-order chi connectivity index (χ1) is 8.33. The molecule has 0 saturated carbocycles. The van der Waals surface area contributed by atoms with Gasteiger partial charge in [0.05, 0.1) is 25.9 Å². The van der Waals surface area contributed by atoms with Gasteiger partial charge in [0, 0.05) is 4.47 Å². The SMILES string of the molecule is Brc1ccccc1.CCCCC1COCCO1. The normalized spacial score (nSPS) is 19.3. The molecule has 1 unspecified atom stereocenters. The first kappa shape index (κ1) is 14.7. The number of unbranched alkanes of at least 4 members (excludes halogenated alkanes) is 1. The van der Waals surface area contributed by atoms with E-state index in [1.54, 1.807) is 0 Å². The summed E-state index contributed by atoms with van der Waals surface area (Å²) in [5.74, 6) is 0. The molecule has 1 atom stereocenters. The van der Waals surface area contributed by atoms with Gasteiger partial charge in [-0.25, -0.2) is 0 Å². The fraction of sp³-hybridized carbons (Fsp3) is 0.571. The lowest BCUT2D eigenvalue weighted by atomic mass is 10.2. The molecule has 0 amide bonds. The van der Waals surface area contributed by atoms with Crippen LogP contribution in [0.2, 0.25) is 0 Å². The molecular weight excluding hydrogens is 280 g/mol. The molecule has 1 fully saturated rings. The van der Waals surface area contributed by atoms with Crippen LogP contribution >= 0.6 is 15.9 Å². The number of hydrogen-bond acceptors (Lipinski definition) is 2. The fourth-order valence-corrected chi connectivity index (χ4v) is 1.85. The smallest absolute Gasteiger partial charge is 0.0809 e. The minimum Gasteiger partial charge on any atom is -0.376 e. The molecular formula is C14H21BrO2. The molecule has 0 aliphatic carbocycles. The minimum atomic E-state index is 0.383. The summed E-state index contributed by atoms with van der Waals surface area (Å²) in [6, 6.07) is 9.97. The number of hydrogen-bond donors (Lipinski definition) is 0. The molecule has 0 spiro atoms. The summed E-state index contributed by atoms with van der Waals surface area (Å²) >= 11 is 3.31. The first-order valence-electron chi connectivity index (χ1n) is 6.22. The first-order valence-corrected chi connectivity index (χ1v) is 7.02. The van der Waals surface area contributed by atoms with E-state index in [1.165, 1.54) is 12.8 Å². The van der Waals surface area contributed by atoms with Gasteiger partial charge >= 0.3 is 0 Å². The van der Waals surface area contributed by atoms with Crippen LogP contribution < -0.4 is 0 Å². The Morgan fingerprint density at radius 3 is 2.47 bits per heavy atom. The molecule has 1 aromatic rings. The van der Waals surface area contributed by atoms with Gasteiger partial charge in [-0.15, -0.1) is 0 Å². The van der Waals surface area contributed by atoms with Crippen LogP contribution in [-0.4, -0.2) is 25.9 Å². The Hall–Kier alpha value is -0.380. The molecule has 96 valence electrons. The van der Waals surface area contributed by atoms with E-state index in [4.69, 9.17) is 9.47 Å². The van der Waals surface area contributed by atoms with Gasteiger partial charge in [0.25, 0.3) is 0 Å². The minimum absolute atomic E-state index is 0.383. The van der Waals surface area contributed by atoms with Crippen LogP contribution in [-0.2, 0) is 9.47 Å². The standard InChI is InChI=1S/C8H16O2.C6H5Br/c1-2-3-4-8-7-9-5-6-10-8;7-6-4-2-1-3-5-6/h8H,2-7H2,1H3;1-5H. The van der Waals surface area contributed by atoms with Crippen molar-refractivity contribution in [2.45, 2.75) is 32.3 Å². The molecule has 17 heavy (non-hydrogen) atoms. The summed E-state index contributed by atoms with van der Waals surface area (Å²) in [5, 5.41) is 0. The predicted molar refractivity (Wildman–Crippen MR) is 74.2 cm³/mol. The van der Waals surface area contributed by atoms with Crippen molar-refractivity contribution in [2.75, 3.05) is 19.8 Å². The summed E-state index contributed by atoms with van der Waals surface area (Å²) in [4.78, 5) is 0. The molecule has 1 saturated heterocycles. The van der Waals surface area contributed by atoms with E-state index in [0.29, 0.717) is 6.10 Å². The van der Waals surface area contributed by atoms with E-state index in [2.05, 4.69) is 22.9 Å². The van der Waals surface area contributed by atoms with Crippen LogP contribution in [0.5, 0.6) is 0 Å². The monoisotopic (exact) mass is 300 g/mol. The van der Waals surface area contributed by atoms with Gasteiger partial charge in [-0.05, 0) is 18.6 Å². The zero-order valence-corrected chi connectivity index (χ0v) is 12.0. The number of benzene rings is 1. The molecule has 2 nitrogen and oxygen atoms in total. The number of halogens is 1. The van der Waals surface area contributed by atoms with Crippen molar-refractivity contribution in [3.8, 4) is 0 Å². The Bertz CT molecular complexity index is 271. The topological polar surface area (TPSA) is 18.5 Å². The number of rotatable bonds is 3. The average Bonchev–Trinajstić information content (AvgIpc) is 2.39. The lowest BCUT2D eigenvalue weighted by Crippen LogP contribution is -2.28. The van der Waals surface area contributed by atoms with Gasteiger partial charge in [-0.3, -0.25) is 0 Å². The van der Waals surface area contributed by atoms with Crippen molar-refractivity contribution in [1.82, 2.24) is 0 Å². The zero-order chi connectivity index (χ0) is 12.3. The van der Waals surface area contributed by atoms with Crippen LogP contribution in [0.4, 0.5) is 0 Å². The molecule has 1 aromatic carbocycles. The molecule has 2 rings (SSSR count). The Morgan fingerprint density at radius 2 is 2.00 bits per heavy atom. The third-order valence-electron chi connectivity index (χ3n) is 2.50. The van der Waals surface area contributed by atoms with Crippen LogP contribution in [0.1, 0.15) is 26.2 Å². The van der Waals surface area contributed by atoms with Crippen molar-refractivity contribution in [2.24, 2.45) is 0 Å². The van der Waals surface area contributed by atoms with Gasteiger partial charge in [0.1, 0.15) is 0 Å². The second-order valence-electron chi connectivity index (χ2n) is 4.01. The maximum atomic E-state index is 5.46. The highest BCUT2D eigenvalue weighted by Gasteiger charge is 2.12. The Balaban J connectivity index is 0.000000181. The summed E-state index contributed by atoms with van der Waals surface area (Å²) in [5.41, 5.74) is 0. The van der Waals surface area contributed by atoms with Crippen LogP contribution in [0.25, 0.3) is 0 Å². The highest BCUT2D eigenvalue weighted by molar-refractivity contribution is 9.10. The molecule has 0 N–H and O–H groups in total. The molecule has 1 heterocycles. The largest absolute Gasteiger partial charge is 0.376 e. The van der Waals surface area contributed by atoms with E-state index in [0.717, 1.165) is 30.7 Å². The van der Waals surface area contributed by atoms with Crippen molar-refractivity contribution in [3.63, 3.8) is 0 Å². The maximum Gasteiger partial charge on any atom is 0.0809 e. The molecule has 0 aromatic heterocycles. The second-order valence-corrected chi connectivity index (χ2v) is 4.92. The van der Waals surface area contributed by atoms with Crippen molar-refractivity contribution >= 4 is 15.9 Å². The van der Waals surface area contributed by atoms with Crippen molar-refractivity contribution in [1.29, 1.82) is 0 Å². The van der Waals surface area contributed by atoms with Gasteiger partial charge in [0.15, 0.2) is 0 Å². The Kier molecular flexibility index (Phi) is 8.32. The van der Waals surface area contributed by atoms with E-state index < -0.39 is 0 Å². The average molecular weight is 301 g/mol. The van der Waals surface area contributed by atoms with Crippen LogP contribution in [0.3, 0.4) is 0 Å². The molecule has 1 aliphatic heterocycles. The zero-order valence-electron chi connectivity index (χ0n) is 10.4. The van der Waals surface area contributed by atoms with Crippen molar-refractivity contribution < 1.29 is 9.47 Å². The van der Waals surface area contributed by atoms with E-state index >= 15 is 0 Å². The Labute approximate surface area is 112 Å². The highest BCUT2D eigenvalue weighted by atomic mass is 79.9. The van der Waals surface area contributed by atoms with Gasteiger partial charge in [-0.1, -0.05) is 53.9 Å². The second kappa shape index (κ2) is 9.63. The van der Waals surface area contributed by atoms with E-state index in [1.807, 2.05) is 30.3 Å². The van der Waals surface area contributed by atoms with Gasteiger partial charge in [0.2, 0.25) is 0 Å². The molecule has 3 heteroatoms.